The second kappa shape index (κ2) is 10.1. The third-order valence-corrected chi connectivity index (χ3v) is 5.01. The topological polar surface area (TPSA) is 58.2 Å². The van der Waals surface area contributed by atoms with Crippen LogP contribution < -0.4 is 10.6 Å². The standard InChI is InChI=1S/C25H23F3N2O2/c1-17(19-11-6-3-7-12-19)29-24(32)22(15-18-9-4-2-5-10-18)30-23(31)20-13-8-14-21(16-20)25(26,27)28/h2-14,16-17,22H,15H2,1H3,(H,29,32)(H,30,31). The first-order valence-electron chi connectivity index (χ1n) is 10.1. The summed E-state index contributed by atoms with van der Waals surface area (Å²) in [6, 6.07) is 21.3. The fourth-order valence-electron chi connectivity index (χ4n) is 3.28. The van der Waals surface area contributed by atoms with Gasteiger partial charge in [0.25, 0.3) is 5.91 Å². The summed E-state index contributed by atoms with van der Waals surface area (Å²) < 4.78 is 39.1. The van der Waals surface area contributed by atoms with Crippen LogP contribution in [0.2, 0.25) is 0 Å². The van der Waals surface area contributed by atoms with Gasteiger partial charge in [-0.3, -0.25) is 9.59 Å². The van der Waals surface area contributed by atoms with Gasteiger partial charge in [-0.1, -0.05) is 66.7 Å². The third-order valence-electron chi connectivity index (χ3n) is 5.01. The van der Waals surface area contributed by atoms with Crippen molar-refractivity contribution in [2.24, 2.45) is 0 Å². The molecule has 3 aromatic carbocycles. The molecule has 0 bridgehead atoms. The van der Waals surface area contributed by atoms with Crippen molar-refractivity contribution in [1.82, 2.24) is 10.6 Å². The van der Waals surface area contributed by atoms with Gasteiger partial charge in [0.1, 0.15) is 6.04 Å². The van der Waals surface area contributed by atoms with E-state index < -0.39 is 29.6 Å². The molecule has 0 heterocycles. The summed E-state index contributed by atoms with van der Waals surface area (Å²) in [6.45, 7) is 1.82. The quantitative estimate of drug-likeness (QED) is 0.548. The Morgan fingerprint density at radius 1 is 0.844 bits per heavy atom. The second-order valence-electron chi connectivity index (χ2n) is 7.44. The van der Waals surface area contributed by atoms with Crippen LogP contribution in [0.15, 0.2) is 84.9 Å². The van der Waals surface area contributed by atoms with Crippen LogP contribution in [-0.4, -0.2) is 17.9 Å². The normalized spacial score (nSPS) is 13.1. The molecule has 166 valence electrons. The van der Waals surface area contributed by atoms with Gasteiger partial charge in [-0.05, 0) is 36.2 Å². The lowest BCUT2D eigenvalue weighted by atomic mass is 10.0. The van der Waals surface area contributed by atoms with Gasteiger partial charge in [-0.2, -0.15) is 13.2 Å². The van der Waals surface area contributed by atoms with E-state index in [1.165, 1.54) is 12.1 Å². The average Bonchev–Trinajstić information content (AvgIpc) is 2.79. The minimum atomic E-state index is -4.57. The highest BCUT2D eigenvalue weighted by molar-refractivity contribution is 5.97. The average molecular weight is 440 g/mol. The molecule has 0 saturated heterocycles. The molecular weight excluding hydrogens is 417 g/mol. The molecule has 7 heteroatoms. The highest BCUT2D eigenvalue weighted by Gasteiger charge is 2.31. The number of amides is 2. The number of carbonyl (C=O) groups excluding carboxylic acids is 2. The van der Waals surface area contributed by atoms with Gasteiger partial charge < -0.3 is 10.6 Å². The van der Waals surface area contributed by atoms with Crippen molar-refractivity contribution >= 4 is 11.8 Å². The summed E-state index contributed by atoms with van der Waals surface area (Å²) in [5.41, 5.74) is 0.613. The van der Waals surface area contributed by atoms with Gasteiger partial charge in [0.2, 0.25) is 5.91 Å². The van der Waals surface area contributed by atoms with Crippen LogP contribution in [0.1, 0.15) is 40.0 Å². The molecule has 0 aliphatic rings. The van der Waals surface area contributed by atoms with Gasteiger partial charge in [-0.15, -0.1) is 0 Å². The van der Waals surface area contributed by atoms with E-state index in [4.69, 9.17) is 0 Å². The summed E-state index contributed by atoms with van der Waals surface area (Å²) in [5, 5.41) is 5.47. The van der Waals surface area contributed by atoms with E-state index in [0.29, 0.717) is 0 Å². The molecule has 0 radical (unpaired) electrons. The highest BCUT2D eigenvalue weighted by atomic mass is 19.4. The Balaban J connectivity index is 1.79. The van der Waals surface area contributed by atoms with Crippen LogP contribution in [0.4, 0.5) is 13.2 Å². The molecular formula is C25H23F3N2O2. The summed E-state index contributed by atoms with van der Waals surface area (Å²) in [5.74, 6) is -1.18. The monoisotopic (exact) mass is 440 g/mol. The van der Waals surface area contributed by atoms with Crippen LogP contribution in [0, 0.1) is 0 Å². The van der Waals surface area contributed by atoms with Crippen LogP contribution in [0.3, 0.4) is 0 Å². The van der Waals surface area contributed by atoms with Crippen molar-refractivity contribution in [2.45, 2.75) is 31.6 Å². The summed E-state index contributed by atoms with van der Waals surface area (Å²) in [7, 11) is 0. The van der Waals surface area contributed by atoms with Crippen molar-refractivity contribution in [3.8, 4) is 0 Å². The van der Waals surface area contributed by atoms with Crippen LogP contribution in [-0.2, 0) is 17.4 Å². The molecule has 2 unspecified atom stereocenters. The van der Waals surface area contributed by atoms with Crippen molar-refractivity contribution < 1.29 is 22.8 Å². The van der Waals surface area contributed by atoms with Gasteiger partial charge in [-0.25, -0.2) is 0 Å². The maximum Gasteiger partial charge on any atom is 0.416 e. The molecule has 2 atom stereocenters. The van der Waals surface area contributed by atoms with E-state index in [2.05, 4.69) is 10.6 Å². The largest absolute Gasteiger partial charge is 0.416 e. The first-order valence-corrected chi connectivity index (χ1v) is 10.1. The Kier molecular flexibility index (Phi) is 7.30. The molecule has 0 spiro atoms. The number of hydrogen-bond donors (Lipinski definition) is 2. The number of hydrogen-bond acceptors (Lipinski definition) is 2. The molecule has 0 saturated carbocycles. The Morgan fingerprint density at radius 2 is 1.47 bits per heavy atom. The fraction of sp³-hybridized carbons (Fsp3) is 0.200. The predicted molar refractivity (Wildman–Crippen MR) is 116 cm³/mol. The van der Waals surface area contributed by atoms with E-state index >= 15 is 0 Å². The van der Waals surface area contributed by atoms with Crippen molar-refractivity contribution in [3.63, 3.8) is 0 Å². The predicted octanol–water partition coefficient (Wildman–Crippen LogP) is 4.92. The SMILES string of the molecule is CC(NC(=O)C(Cc1ccccc1)NC(=O)c1cccc(C(F)(F)F)c1)c1ccccc1. The highest BCUT2D eigenvalue weighted by Crippen LogP contribution is 2.29. The molecule has 0 aliphatic heterocycles. The number of alkyl halides is 3. The van der Waals surface area contributed by atoms with Crippen molar-refractivity contribution in [1.29, 1.82) is 0 Å². The third kappa shape index (κ3) is 6.20. The first-order chi connectivity index (χ1) is 15.2. The summed E-state index contributed by atoms with van der Waals surface area (Å²) in [6.07, 6.45) is -4.37. The maximum atomic E-state index is 13.0. The van der Waals surface area contributed by atoms with Crippen LogP contribution >= 0.6 is 0 Å². The molecule has 4 nitrogen and oxygen atoms in total. The maximum absolute atomic E-state index is 13.0. The molecule has 0 aromatic heterocycles. The zero-order valence-corrected chi connectivity index (χ0v) is 17.4. The van der Waals surface area contributed by atoms with Crippen LogP contribution in [0.5, 0.6) is 0 Å². The van der Waals surface area contributed by atoms with E-state index in [9.17, 15) is 22.8 Å². The molecule has 0 aliphatic carbocycles. The Bertz CT molecular complexity index is 1050. The van der Waals surface area contributed by atoms with E-state index in [-0.39, 0.29) is 18.0 Å². The first kappa shape index (κ1) is 23.1. The summed E-state index contributed by atoms with van der Waals surface area (Å²) in [4.78, 5) is 25.7. The van der Waals surface area contributed by atoms with Crippen molar-refractivity contribution in [2.75, 3.05) is 0 Å². The fourth-order valence-corrected chi connectivity index (χ4v) is 3.28. The smallest absolute Gasteiger partial charge is 0.348 e. The Morgan fingerprint density at radius 3 is 2.09 bits per heavy atom. The minimum Gasteiger partial charge on any atom is -0.348 e. The molecule has 0 fully saturated rings. The number of carbonyl (C=O) groups is 2. The van der Waals surface area contributed by atoms with Crippen molar-refractivity contribution in [3.05, 3.63) is 107 Å². The summed E-state index contributed by atoms with van der Waals surface area (Å²) >= 11 is 0. The lowest BCUT2D eigenvalue weighted by molar-refractivity contribution is -0.137. The minimum absolute atomic E-state index is 0.165. The van der Waals surface area contributed by atoms with Gasteiger partial charge >= 0.3 is 6.18 Å². The number of benzene rings is 3. The van der Waals surface area contributed by atoms with Gasteiger partial charge in [0.05, 0.1) is 11.6 Å². The van der Waals surface area contributed by atoms with Gasteiger partial charge in [0.15, 0.2) is 0 Å². The van der Waals surface area contributed by atoms with E-state index in [1.807, 2.05) is 67.6 Å². The molecule has 2 N–H and O–H groups in total. The van der Waals surface area contributed by atoms with Crippen LogP contribution in [0.25, 0.3) is 0 Å². The van der Waals surface area contributed by atoms with Gasteiger partial charge in [0, 0.05) is 12.0 Å². The Hall–Kier alpha value is -3.61. The molecule has 32 heavy (non-hydrogen) atoms. The second-order valence-corrected chi connectivity index (χ2v) is 7.44. The lowest BCUT2D eigenvalue weighted by Gasteiger charge is -2.22. The number of halogens is 3. The number of nitrogens with one attached hydrogen (secondary N) is 2. The van der Waals surface area contributed by atoms with E-state index in [0.717, 1.165) is 23.3 Å². The molecule has 3 aromatic rings. The zero-order valence-electron chi connectivity index (χ0n) is 17.4. The zero-order chi connectivity index (χ0) is 23.1. The van der Waals surface area contributed by atoms with E-state index in [1.54, 1.807) is 0 Å². The molecule has 2 amide bonds. The molecule has 3 rings (SSSR count). The lowest BCUT2D eigenvalue weighted by Crippen LogP contribution is -2.48. The number of rotatable bonds is 7. The Labute approximate surface area is 184 Å².